The number of halogens is 1. The number of rotatable bonds is 4. The topological polar surface area (TPSA) is 87.9 Å². The summed E-state index contributed by atoms with van der Waals surface area (Å²) in [4.78, 5) is 13.9. The molecule has 3 rings (SSSR count). The molecule has 1 amide bonds. The number of hydrogen-bond donors (Lipinski definition) is 1. The Bertz CT molecular complexity index is 810. The standard InChI is InChI=1S/C17H18FN5O/c1-22-7-13(6-21-22)15-9-23(10-16(15)17(20)24)8-12-4-14(18)3-2-11(12)5-19/h2-4,6-7,15-16H,8-10H2,1H3,(H2,20,24)/t15-,16+/m1/s1. The van der Waals surface area contributed by atoms with Gasteiger partial charge in [0.25, 0.3) is 0 Å². The van der Waals surface area contributed by atoms with Crippen molar-refractivity contribution in [3.63, 3.8) is 0 Å². The number of primary amides is 1. The number of carbonyl (C=O) groups is 1. The number of aromatic nitrogens is 2. The van der Waals surface area contributed by atoms with Crippen molar-refractivity contribution in [1.29, 1.82) is 5.26 Å². The molecule has 0 saturated carbocycles. The normalized spacial score (nSPS) is 20.9. The fraction of sp³-hybridized carbons (Fsp3) is 0.353. The number of likely N-dealkylation sites (tertiary alicyclic amines) is 1. The first-order valence-corrected chi connectivity index (χ1v) is 7.66. The molecule has 1 saturated heterocycles. The Balaban J connectivity index is 1.83. The second-order valence-corrected chi connectivity index (χ2v) is 6.17. The molecular formula is C17H18FN5O. The van der Waals surface area contributed by atoms with Crippen LogP contribution in [0.1, 0.15) is 22.6 Å². The van der Waals surface area contributed by atoms with Crippen LogP contribution in [0.4, 0.5) is 4.39 Å². The quantitative estimate of drug-likeness (QED) is 0.912. The van der Waals surface area contributed by atoms with Crippen LogP contribution < -0.4 is 5.73 Å². The number of nitriles is 1. The van der Waals surface area contributed by atoms with E-state index in [0.717, 1.165) is 5.56 Å². The van der Waals surface area contributed by atoms with Gasteiger partial charge in [0.15, 0.2) is 0 Å². The van der Waals surface area contributed by atoms with Crippen molar-refractivity contribution in [1.82, 2.24) is 14.7 Å². The van der Waals surface area contributed by atoms with Crippen molar-refractivity contribution in [2.45, 2.75) is 12.5 Å². The highest BCUT2D eigenvalue weighted by Crippen LogP contribution is 2.33. The third kappa shape index (κ3) is 3.14. The number of carbonyl (C=O) groups excluding carboxylic acids is 1. The van der Waals surface area contributed by atoms with Gasteiger partial charge in [0.1, 0.15) is 5.82 Å². The minimum absolute atomic E-state index is 0.0460. The largest absolute Gasteiger partial charge is 0.369 e. The molecule has 0 bridgehead atoms. The molecule has 0 radical (unpaired) electrons. The number of aryl methyl sites for hydroxylation is 1. The smallest absolute Gasteiger partial charge is 0.222 e. The molecule has 1 aromatic heterocycles. The fourth-order valence-corrected chi connectivity index (χ4v) is 3.32. The molecule has 0 unspecified atom stereocenters. The van der Waals surface area contributed by atoms with E-state index in [1.807, 2.05) is 18.1 Å². The zero-order chi connectivity index (χ0) is 17.3. The first kappa shape index (κ1) is 16.1. The summed E-state index contributed by atoms with van der Waals surface area (Å²) in [5.74, 6) is -1.10. The Morgan fingerprint density at radius 3 is 2.92 bits per heavy atom. The van der Waals surface area contributed by atoms with E-state index in [1.165, 1.54) is 18.2 Å². The van der Waals surface area contributed by atoms with Crippen molar-refractivity contribution >= 4 is 5.91 Å². The zero-order valence-corrected chi connectivity index (χ0v) is 13.3. The van der Waals surface area contributed by atoms with E-state index < -0.39 is 0 Å². The number of hydrogen-bond acceptors (Lipinski definition) is 4. The molecule has 2 N–H and O–H groups in total. The summed E-state index contributed by atoms with van der Waals surface area (Å²) in [6.45, 7) is 1.50. The first-order valence-electron chi connectivity index (χ1n) is 7.66. The molecule has 1 aliphatic rings. The molecule has 1 aromatic carbocycles. The maximum Gasteiger partial charge on any atom is 0.222 e. The highest BCUT2D eigenvalue weighted by molar-refractivity contribution is 5.78. The van der Waals surface area contributed by atoms with Gasteiger partial charge in [0.2, 0.25) is 5.91 Å². The maximum atomic E-state index is 13.5. The van der Waals surface area contributed by atoms with Crippen LogP contribution in [-0.2, 0) is 18.4 Å². The van der Waals surface area contributed by atoms with Crippen LogP contribution in [0.15, 0.2) is 30.6 Å². The van der Waals surface area contributed by atoms with Crippen LogP contribution in [0.25, 0.3) is 0 Å². The van der Waals surface area contributed by atoms with E-state index in [1.54, 1.807) is 10.9 Å². The molecule has 2 atom stereocenters. The molecule has 2 aromatic rings. The number of nitrogens with zero attached hydrogens (tertiary/aromatic N) is 4. The van der Waals surface area contributed by atoms with Crippen molar-refractivity contribution in [2.75, 3.05) is 13.1 Å². The Kier molecular flexibility index (Phi) is 4.32. The third-order valence-electron chi connectivity index (χ3n) is 4.50. The van der Waals surface area contributed by atoms with Crippen molar-refractivity contribution in [2.24, 2.45) is 18.7 Å². The van der Waals surface area contributed by atoms with Crippen LogP contribution >= 0.6 is 0 Å². The van der Waals surface area contributed by atoms with Gasteiger partial charge in [0.05, 0.1) is 23.7 Å². The van der Waals surface area contributed by atoms with Crippen LogP contribution in [0.3, 0.4) is 0 Å². The second kappa shape index (κ2) is 6.42. The maximum absolute atomic E-state index is 13.5. The Hall–Kier alpha value is -2.72. The Morgan fingerprint density at radius 2 is 2.29 bits per heavy atom. The summed E-state index contributed by atoms with van der Waals surface area (Å²) in [6.07, 6.45) is 3.62. The lowest BCUT2D eigenvalue weighted by molar-refractivity contribution is -0.121. The lowest BCUT2D eigenvalue weighted by Gasteiger charge is -2.16. The molecule has 1 aliphatic heterocycles. The highest BCUT2D eigenvalue weighted by Gasteiger charge is 2.38. The van der Waals surface area contributed by atoms with E-state index in [-0.39, 0.29) is 23.6 Å². The molecular weight excluding hydrogens is 309 g/mol. The lowest BCUT2D eigenvalue weighted by atomic mass is 9.90. The molecule has 0 spiro atoms. The molecule has 124 valence electrons. The highest BCUT2D eigenvalue weighted by atomic mass is 19.1. The molecule has 1 fully saturated rings. The minimum Gasteiger partial charge on any atom is -0.369 e. The van der Waals surface area contributed by atoms with Gasteiger partial charge < -0.3 is 5.73 Å². The summed E-state index contributed by atoms with van der Waals surface area (Å²) < 4.78 is 15.2. The molecule has 7 heteroatoms. The van der Waals surface area contributed by atoms with Gasteiger partial charge in [-0.25, -0.2) is 4.39 Å². The monoisotopic (exact) mass is 327 g/mol. The predicted octanol–water partition coefficient (Wildman–Crippen LogP) is 1.13. The van der Waals surface area contributed by atoms with Gasteiger partial charge in [-0.2, -0.15) is 10.4 Å². The van der Waals surface area contributed by atoms with E-state index >= 15 is 0 Å². The van der Waals surface area contributed by atoms with Gasteiger partial charge >= 0.3 is 0 Å². The summed E-state index contributed by atoms with van der Waals surface area (Å²) in [7, 11) is 1.82. The molecule has 24 heavy (non-hydrogen) atoms. The average molecular weight is 327 g/mol. The molecule has 0 aliphatic carbocycles. The molecule has 6 nitrogen and oxygen atoms in total. The van der Waals surface area contributed by atoms with Gasteiger partial charge in [0, 0.05) is 38.8 Å². The number of nitrogens with two attached hydrogens (primary N) is 1. The summed E-state index contributed by atoms with van der Waals surface area (Å²) in [6, 6.07) is 6.20. The van der Waals surface area contributed by atoms with Crippen LogP contribution in [0.2, 0.25) is 0 Å². The van der Waals surface area contributed by atoms with E-state index in [2.05, 4.69) is 11.2 Å². The van der Waals surface area contributed by atoms with Gasteiger partial charge in [-0.3, -0.25) is 14.4 Å². The van der Waals surface area contributed by atoms with Crippen LogP contribution in [0.5, 0.6) is 0 Å². The number of amides is 1. The summed E-state index contributed by atoms with van der Waals surface area (Å²) >= 11 is 0. The van der Waals surface area contributed by atoms with Gasteiger partial charge in [-0.1, -0.05) is 0 Å². The van der Waals surface area contributed by atoms with Gasteiger partial charge in [-0.15, -0.1) is 0 Å². The van der Waals surface area contributed by atoms with Crippen LogP contribution in [-0.4, -0.2) is 33.7 Å². The fourth-order valence-electron chi connectivity index (χ4n) is 3.32. The average Bonchev–Trinajstić information content (AvgIpc) is 3.14. The SMILES string of the molecule is Cn1cc([C@H]2CN(Cc3cc(F)ccc3C#N)C[C@@H]2C(N)=O)cn1. The number of benzene rings is 1. The van der Waals surface area contributed by atoms with E-state index in [9.17, 15) is 14.4 Å². The van der Waals surface area contributed by atoms with Crippen LogP contribution in [0, 0.1) is 23.1 Å². The van der Waals surface area contributed by atoms with Crippen molar-refractivity contribution in [3.05, 3.63) is 53.1 Å². The summed E-state index contributed by atoms with van der Waals surface area (Å²) in [5.41, 5.74) is 7.58. The predicted molar refractivity (Wildman–Crippen MR) is 85.0 cm³/mol. The van der Waals surface area contributed by atoms with E-state index in [4.69, 9.17) is 5.73 Å². The second-order valence-electron chi connectivity index (χ2n) is 6.17. The Morgan fingerprint density at radius 1 is 1.50 bits per heavy atom. The summed E-state index contributed by atoms with van der Waals surface area (Å²) in [5, 5.41) is 13.3. The zero-order valence-electron chi connectivity index (χ0n) is 13.3. The van der Waals surface area contributed by atoms with Gasteiger partial charge in [-0.05, 0) is 29.3 Å². The third-order valence-corrected chi connectivity index (χ3v) is 4.50. The Labute approximate surface area is 139 Å². The van der Waals surface area contributed by atoms with Crippen molar-refractivity contribution < 1.29 is 9.18 Å². The molecule has 2 heterocycles. The van der Waals surface area contributed by atoms with Crippen molar-refractivity contribution in [3.8, 4) is 6.07 Å². The minimum atomic E-state index is -0.376. The van der Waals surface area contributed by atoms with E-state index in [0.29, 0.717) is 30.8 Å². The first-order chi connectivity index (χ1) is 11.5. The lowest BCUT2D eigenvalue weighted by Crippen LogP contribution is -2.29.